The van der Waals surface area contributed by atoms with Crippen molar-refractivity contribution in [1.29, 1.82) is 0 Å². The van der Waals surface area contributed by atoms with E-state index in [0.717, 1.165) is 71.1 Å². The minimum atomic E-state index is -0.554. The van der Waals surface area contributed by atoms with Crippen molar-refractivity contribution in [3.05, 3.63) is 0 Å². The molecule has 1 saturated heterocycles. The number of aliphatic hydroxyl groups is 1. The SMILES string of the molecule is CCCCN(CCCC)C(=O)CN1CCCC(C)(O)CC1. The molecule has 4 heteroatoms. The molecule has 0 aliphatic carbocycles. The molecule has 1 aliphatic rings. The predicted molar refractivity (Wildman–Crippen MR) is 87.3 cm³/mol. The molecule has 1 amide bonds. The molecule has 1 atom stereocenters. The number of carbonyl (C=O) groups excluding carboxylic acids is 1. The number of carbonyl (C=O) groups is 1. The number of hydrogen-bond acceptors (Lipinski definition) is 3. The van der Waals surface area contributed by atoms with E-state index < -0.39 is 5.60 Å². The molecule has 0 radical (unpaired) electrons. The standard InChI is InChI=1S/C17H34N2O2/c1-4-6-12-19(13-7-5-2)16(20)15-18-11-8-9-17(3,21)10-14-18/h21H,4-15H2,1-3H3. The summed E-state index contributed by atoms with van der Waals surface area (Å²) in [6, 6.07) is 0. The fraction of sp³-hybridized carbons (Fsp3) is 0.941. The van der Waals surface area contributed by atoms with Crippen LogP contribution in [0.15, 0.2) is 0 Å². The number of unbranched alkanes of at least 4 members (excludes halogenated alkanes) is 2. The van der Waals surface area contributed by atoms with Crippen molar-refractivity contribution in [3.8, 4) is 0 Å². The van der Waals surface area contributed by atoms with Crippen molar-refractivity contribution in [2.45, 2.75) is 71.3 Å². The lowest BCUT2D eigenvalue weighted by molar-refractivity contribution is -0.132. The molecule has 1 heterocycles. The lowest BCUT2D eigenvalue weighted by Gasteiger charge is -2.27. The largest absolute Gasteiger partial charge is 0.390 e. The minimum absolute atomic E-state index is 0.262. The molecule has 0 bridgehead atoms. The van der Waals surface area contributed by atoms with E-state index in [1.807, 2.05) is 11.8 Å². The first kappa shape index (κ1) is 18.4. The second kappa shape index (κ2) is 9.42. The number of hydrogen-bond donors (Lipinski definition) is 1. The number of rotatable bonds is 8. The van der Waals surface area contributed by atoms with Crippen molar-refractivity contribution in [2.24, 2.45) is 0 Å². The summed E-state index contributed by atoms with van der Waals surface area (Å²) in [6.07, 6.45) is 7.01. The van der Waals surface area contributed by atoms with Gasteiger partial charge >= 0.3 is 0 Å². The van der Waals surface area contributed by atoms with Crippen LogP contribution in [0.1, 0.15) is 65.7 Å². The average Bonchev–Trinajstić information content (AvgIpc) is 2.60. The van der Waals surface area contributed by atoms with Crippen LogP contribution in [-0.4, -0.2) is 59.1 Å². The molecule has 1 aliphatic heterocycles. The lowest BCUT2D eigenvalue weighted by atomic mass is 9.98. The molecule has 0 saturated carbocycles. The molecular formula is C17H34N2O2. The van der Waals surface area contributed by atoms with E-state index >= 15 is 0 Å². The Labute approximate surface area is 130 Å². The van der Waals surface area contributed by atoms with Crippen molar-refractivity contribution in [3.63, 3.8) is 0 Å². The van der Waals surface area contributed by atoms with Crippen molar-refractivity contribution in [2.75, 3.05) is 32.7 Å². The number of nitrogens with zero attached hydrogens (tertiary/aromatic N) is 2. The van der Waals surface area contributed by atoms with Gasteiger partial charge in [-0.1, -0.05) is 26.7 Å². The summed E-state index contributed by atoms with van der Waals surface area (Å²) in [5, 5.41) is 10.1. The van der Waals surface area contributed by atoms with E-state index in [4.69, 9.17) is 0 Å². The maximum atomic E-state index is 12.5. The molecular weight excluding hydrogens is 264 g/mol. The third kappa shape index (κ3) is 7.28. The van der Waals surface area contributed by atoms with Gasteiger partial charge in [0.1, 0.15) is 0 Å². The second-order valence-corrected chi connectivity index (χ2v) is 6.71. The van der Waals surface area contributed by atoms with Crippen LogP contribution in [-0.2, 0) is 4.79 Å². The number of likely N-dealkylation sites (tertiary alicyclic amines) is 1. The molecule has 0 aromatic carbocycles. The smallest absolute Gasteiger partial charge is 0.236 e. The van der Waals surface area contributed by atoms with Gasteiger partial charge in [-0.05, 0) is 45.6 Å². The van der Waals surface area contributed by atoms with E-state index in [-0.39, 0.29) is 5.91 Å². The average molecular weight is 298 g/mol. The molecule has 4 nitrogen and oxygen atoms in total. The van der Waals surface area contributed by atoms with Gasteiger partial charge < -0.3 is 10.0 Å². The summed E-state index contributed by atoms with van der Waals surface area (Å²) in [4.78, 5) is 16.8. The van der Waals surface area contributed by atoms with Gasteiger partial charge in [0.15, 0.2) is 0 Å². The maximum Gasteiger partial charge on any atom is 0.236 e. The lowest BCUT2D eigenvalue weighted by Crippen LogP contribution is -2.42. The van der Waals surface area contributed by atoms with E-state index in [1.165, 1.54) is 0 Å². The quantitative estimate of drug-likeness (QED) is 0.749. The zero-order valence-electron chi connectivity index (χ0n) is 14.2. The Morgan fingerprint density at radius 2 is 1.76 bits per heavy atom. The summed E-state index contributed by atoms with van der Waals surface area (Å²) in [5.74, 6) is 0.262. The van der Waals surface area contributed by atoms with E-state index in [1.54, 1.807) is 0 Å². The summed E-state index contributed by atoms with van der Waals surface area (Å²) in [6.45, 7) is 10.3. The van der Waals surface area contributed by atoms with Gasteiger partial charge in [-0.15, -0.1) is 0 Å². The van der Waals surface area contributed by atoms with Crippen LogP contribution in [0.5, 0.6) is 0 Å². The minimum Gasteiger partial charge on any atom is -0.390 e. The zero-order valence-corrected chi connectivity index (χ0v) is 14.2. The summed E-state index contributed by atoms with van der Waals surface area (Å²) in [7, 11) is 0. The topological polar surface area (TPSA) is 43.8 Å². The summed E-state index contributed by atoms with van der Waals surface area (Å²) >= 11 is 0. The van der Waals surface area contributed by atoms with Crippen LogP contribution in [0.2, 0.25) is 0 Å². The number of amides is 1. The molecule has 0 aromatic heterocycles. The van der Waals surface area contributed by atoms with Gasteiger partial charge in [-0.25, -0.2) is 0 Å². The van der Waals surface area contributed by atoms with E-state index in [2.05, 4.69) is 18.7 Å². The van der Waals surface area contributed by atoms with Crippen LogP contribution in [0.25, 0.3) is 0 Å². The first-order valence-electron chi connectivity index (χ1n) is 8.71. The third-order valence-corrected chi connectivity index (χ3v) is 4.43. The Hall–Kier alpha value is -0.610. The molecule has 1 fully saturated rings. The van der Waals surface area contributed by atoms with E-state index in [0.29, 0.717) is 6.54 Å². The van der Waals surface area contributed by atoms with Crippen LogP contribution in [0.4, 0.5) is 0 Å². The second-order valence-electron chi connectivity index (χ2n) is 6.71. The van der Waals surface area contributed by atoms with Crippen LogP contribution in [0.3, 0.4) is 0 Å². The molecule has 0 spiro atoms. The molecule has 21 heavy (non-hydrogen) atoms. The highest BCUT2D eigenvalue weighted by atomic mass is 16.3. The summed E-state index contributed by atoms with van der Waals surface area (Å²) < 4.78 is 0. The van der Waals surface area contributed by atoms with Crippen LogP contribution < -0.4 is 0 Å². The Kier molecular flexibility index (Phi) is 8.27. The van der Waals surface area contributed by atoms with Gasteiger partial charge in [0.05, 0.1) is 12.1 Å². The Morgan fingerprint density at radius 1 is 1.14 bits per heavy atom. The van der Waals surface area contributed by atoms with Crippen LogP contribution >= 0.6 is 0 Å². The first-order valence-corrected chi connectivity index (χ1v) is 8.71. The van der Waals surface area contributed by atoms with Gasteiger partial charge in [0.25, 0.3) is 0 Å². The fourth-order valence-electron chi connectivity index (χ4n) is 2.83. The third-order valence-electron chi connectivity index (χ3n) is 4.43. The maximum absolute atomic E-state index is 12.5. The summed E-state index contributed by atoms with van der Waals surface area (Å²) in [5.41, 5.74) is -0.554. The predicted octanol–water partition coefficient (Wildman–Crippen LogP) is 2.65. The fourth-order valence-corrected chi connectivity index (χ4v) is 2.83. The van der Waals surface area contributed by atoms with E-state index in [9.17, 15) is 9.90 Å². The van der Waals surface area contributed by atoms with Gasteiger partial charge in [0, 0.05) is 19.6 Å². The normalized spacial score (nSPS) is 23.8. The van der Waals surface area contributed by atoms with Gasteiger partial charge in [-0.3, -0.25) is 9.69 Å². The molecule has 0 aromatic rings. The zero-order chi connectivity index (χ0) is 15.7. The van der Waals surface area contributed by atoms with Gasteiger partial charge in [0.2, 0.25) is 5.91 Å². The molecule has 124 valence electrons. The first-order chi connectivity index (χ1) is 9.98. The van der Waals surface area contributed by atoms with Crippen molar-refractivity contribution in [1.82, 2.24) is 9.80 Å². The molecule has 1 unspecified atom stereocenters. The molecule has 1 rings (SSSR count). The highest BCUT2D eigenvalue weighted by molar-refractivity contribution is 5.78. The highest BCUT2D eigenvalue weighted by Crippen LogP contribution is 2.21. The molecule has 1 N–H and O–H groups in total. The monoisotopic (exact) mass is 298 g/mol. The Morgan fingerprint density at radius 3 is 2.33 bits per heavy atom. The van der Waals surface area contributed by atoms with Gasteiger partial charge in [-0.2, -0.15) is 0 Å². The highest BCUT2D eigenvalue weighted by Gasteiger charge is 2.26. The van der Waals surface area contributed by atoms with Crippen molar-refractivity contribution >= 4 is 5.91 Å². The Balaban J connectivity index is 2.47. The van der Waals surface area contributed by atoms with Crippen molar-refractivity contribution < 1.29 is 9.90 Å². The Bertz CT molecular complexity index is 297. The van der Waals surface area contributed by atoms with Crippen LogP contribution in [0, 0.1) is 0 Å².